The smallest absolute Gasteiger partial charge is 0.257 e. The Morgan fingerprint density at radius 1 is 1.32 bits per heavy atom. The molecule has 0 unspecified atom stereocenters. The normalized spacial score (nSPS) is 10.0. The summed E-state index contributed by atoms with van der Waals surface area (Å²) < 4.78 is 18.5. The van der Waals surface area contributed by atoms with E-state index in [0.29, 0.717) is 5.75 Å². The van der Waals surface area contributed by atoms with Crippen LogP contribution in [-0.4, -0.2) is 18.0 Å². The molecule has 1 heterocycles. The van der Waals surface area contributed by atoms with Crippen molar-refractivity contribution in [3.8, 4) is 5.75 Å². The van der Waals surface area contributed by atoms with Crippen LogP contribution in [0.25, 0.3) is 0 Å². The maximum absolute atomic E-state index is 13.5. The van der Waals surface area contributed by atoms with Crippen LogP contribution in [-0.2, 0) is 0 Å². The van der Waals surface area contributed by atoms with E-state index in [9.17, 15) is 14.0 Å². The largest absolute Gasteiger partial charge is 0.497 e. The number of carbonyl (C=O) groups is 1. The summed E-state index contributed by atoms with van der Waals surface area (Å²) in [6, 6.07) is 6.59. The maximum Gasteiger partial charge on any atom is 0.257 e. The first-order valence-corrected chi connectivity index (χ1v) is 5.44. The summed E-state index contributed by atoms with van der Waals surface area (Å²) in [5.74, 6) is -0.667. The molecule has 5 nitrogen and oxygen atoms in total. The van der Waals surface area contributed by atoms with E-state index in [0.717, 1.165) is 0 Å². The Labute approximate surface area is 108 Å². The number of rotatable bonds is 3. The quantitative estimate of drug-likeness (QED) is 0.885. The van der Waals surface area contributed by atoms with Gasteiger partial charge in [-0.25, -0.2) is 4.39 Å². The minimum Gasteiger partial charge on any atom is -0.497 e. The van der Waals surface area contributed by atoms with Crippen molar-refractivity contribution < 1.29 is 13.9 Å². The lowest BCUT2D eigenvalue weighted by Crippen LogP contribution is -2.15. The number of aromatic nitrogens is 1. The highest BCUT2D eigenvalue weighted by molar-refractivity contribution is 6.04. The monoisotopic (exact) mass is 262 g/mol. The maximum atomic E-state index is 13.5. The lowest BCUT2D eigenvalue weighted by Gasteiger charge is -2.08. The number of nitrogens with one attached hydrogen (secondary N) is 2. The predicted octanol–water partition coefficient (Wildman–Crippen LogP) is 1.77. The highest BCUT2D eigenvalue weighted by Crippen LogP contribution is 2.21. The van der Waals surface area contributed by atoms with E-state index in [2.05, 4.69) is 10.3 Å². The van der Waals surface area contributed by atoms with Crippen LogP contribution in [0.15, 0.2) is 41.3 Å². The van der Waals surface area contributed by atoms with E-state index in [1.807, 2.05) is 0 Å². The highest BCUT2D eigenvalue weighted by atomic mass is 19.1. The summed E-state index contributed by atoms with van der Waals surface area (Å²) in [6.45, 7) is 0. The fourth-order valence-corrected chi connectivity index (χ4v) is 1.47. The molecule has 0 bridgehead atoms. The van der Waals surface area contributed by atoms with Gasteiger partial charge in [0.05, 0.1) is 18.4 Å². The Morgan fingerprint density at radius 2 is 2.11 bits per heavy atom. The van der Waals surface area contributed by atoms with Gasteiger partial charge in [-0.3, -0.25) is 9.59 Å². The third kappa shape index (κ3) is 2.98. The van der Waals surface area contributed by atoms with E-state index in [4.69, 9.17) is 4.74 Å². The SMILES string of the molecule is COc1ccc(F)c(NC(=O)c2ccc(=O)[nH]c2)c1. The summed E-state index contributed by atoms with van der Waals surface area (Å²) in [4.78, 5) is 25.1. The zero-order valence-corrected chi connectivity index (χ0v) is 10.1. The molecule has 0 radical (unpaired) electrons. The molecule has 0 fully saturated rings. The van der Waals surface area contributed by atoms with E-state index in [-0.39, 0.29) is 16.8 Å². The van der Waals surface area contributed by atoms with Gasteiger partial charge in [-0.15, -0.1) is 0 Å². The molecule has 0 aliphatic carbocycles. The van der Waals surface area contributed by atoms with E-state index in [1.54, 1.807) is 0 Å². The lowest BCUT2D eigenvalue weighted by atomic mass is 10.2. The summed E-state index contributed by atoms with van der Waals surface area (Å²) in [5.41, 5.74) is -0.0820. The molecule has 0 saturated heterocycles. The van der Waals surface area contributed by atoms with Crippen molar-refractivity contribution in [2.24, 2.45) is 0 Å². The Hall–Kier alpha value is -2.63. The average Bonchev–Trinajstić information content (AvgIpc) is 2.42. The number of halogens is 1. The van der Waals surface area contributed by atoms with Crippen molar-refractivity contribution in [3.63, 3.8) is 0 Å². The number of carbonyl (C=O) groups excluding carboxylic acids is 1. The summed E-state index contributed by atoms with van der Waals surface area (Å²) in [7, 11) is 1.45. The Morgan fingerprint density at radius 3 is 2.74 bits per heavy atom. The summed E-state index contributed by atoms with van der Waals surface area (Å²) >= 11 is 0. The van der Waals surface area contributed by atoms with Crippen molar-refractivity contribution in [1.29, 1.82) is 0 Å². The third-order valence-corrected chi connectivity index (χ3v) is 2.47. The van der Waals surface area contributed by atoms with Crippen molar-refractivity contribution >= 4 is 11.6 Å². The van der Waals surface area contributed by atoms with Crippen LogP contribution in [0.1, 0.15) is 10.4 Å². The van der Waals surface area contributed by atoms with Gasteiger partial charge in [-0.05, 0) is 18.2 Å². The lowest BCUT2D eigenvalue weighted by molar-refractivity contribution is 0.102. The van der Waals surface area contributed by atoms with E-state index < -0.39 is 11.7 Å². The Kier molecular flexibility index (Phi) is 3.61. The highest BCUT2D eigenvalue weighted by Gasteiger charge is 2.10. The molecule has 1 aromatic heterocycles. The number of hydrogen-bond acceptors (Lipinski definition) is 3. The van der Waals surface area contributed by atoms with E-state index >= 15 is 0 Å². The van der Waals surface area contributed by atoms with Crippen LogP contribution in [0.5, 0.6) is 5.75 Å². The number of aromatic amines is 1. The third-order valence-electron chi connectivity index (χ3n) is 2.47. The van der Waals surface area contributed by atoms with E-state index in [1.165, 1.54) is 43.6 Å². The number of pyridine rings is 1. The molecule has 6 heteroatoms. The van der Waals surface area contributed by atoms with Crippen molar-refractivity contribution in [3.05, 3.63) is 58.3 Å². The van der Waals surface area contributed by atoms with Gasteiger partial charge in [0, 0.05) is 18.3 Å². The second-order valence-electron chi connectivity index (χ2n) is 3.74. The molecule has 0 spiro atoms. The van der Waals surface area contributed by atoms with Gasteiger partial charge in [-0.1, -0.05) is 0 Å². The minimum absolute atomic E-state index is 0.00977. The average molecular weight is 262 g/mol. The molecule has 0 aliphatic rings. The number of H-pyrrole nitrogens is 1. The standard InChI is InChI=1S/C13H11FN2O3/c1-19-9-3-4-10(14)11(6-9)16-13(18)8-2-5-12(17)15-7-8/h2-7H,1H3,(H,15,17)(H,16,18). The molecule has 1 aromatic carbocycles. The zero-order valence-electron chi connectivity index (χ0n) is 10.1. The number of anilines is 1. The molecule has 2 rings (SSSR count). The number of benzene rings is 1. The van der Waals surface area contributed by atoms with Gasteiger partial charge in [0.1, 0.15) is 11.6 Å². The van der Waals surface area contributed by atoms with Crippen molar-refractivity contribution in [1.82, 2.24) is 4.98 Å². The van der Waals surface area contributed by atoms with Gasteiger partial charge in [0.2, 0.25) is 5.56 Å². The topological polar surface area (TPSA) is 71.2 Å². The molecular formula is C13H11FN2O3. The number of ether oxygens (including phenoxy) is 1. The first-order valence-electron chi connectivity index (χ1n) is 5.44. The molecule has 0 aliphatic heterocycles. The van der Waals surface area contributed by atoms with Crippen LogP contribution in [0.4, 0.5) is 10.1 Å². The molecule has 2 N–H and O–H groups in total. The van der Waals surface area contributed by atoms with Crippen LogP contribution >= 0.6 is 0 Å². The molecular weight excluding hydrogens is 251 g/mol. The fourth-order valence-electron chi connectivity index (χ4n) is 1.47. The minimum atomic E-state index is -0.571. The zero-order chi connectivity index (χ0) is 13.8. The summed E-state index contributed by atoms with van der Waals surface area (Å²) in [5, 5.41) is 2.40. The number of hydrogen-bond donors (Lipinski definition) is 2. The van der Waals surface area contributed by atoms with Gasteiger partial charge in [-0.2, -0.15) is 0 Å². The Bertz CT molecular complexity index is 647. The van der Waals surface area contributed by atoms with Gasteiger partial charge in [0.15, 0.2) is 0 Å². The van der Waals surface area contributed by atoms with Crippen LogP contribution in [0, 0.1) is 5.82 Å². The fraction of sp³-hybridized carbons (Fsp3) is 0.0769. The Balaban J connectivity index is 2.23. The van der Waals surface area contributed by atoms with Crippen molar-refractivity contribution in [2.75, 3.05) is 12.4 Å². The molecule has 1 amide bonds. The van der Waals surface area contributed by atoms with Gasteiger partial charge >= 0.3 is 0 Å². The molecule has 19 heavy (non-hydrogen) atoms. The number of methoxy groups -OCH3 is 1. The van der Waals surface area contributed by atoms with Crippen molar-refractivity contribution in [2.45, 2.75) is 0 Å². The molecule has 0 atom stereocenters. The molecule has 0 saturated carbocycles. The van der Waals surface area contributed by atoms with Crippen LogP contribution in [0.3, 0.4) is 0 Å². The first-order chi connectivity index (χ1) is 9.10. The molecule has 98 valence electrons. The van der Waals surface area contributed by atoms with Gasteiger partial charge in [0.25, 0.3) is 5.91 Å². The number of amides is 1. The van der Waals surface area contributed by atoms with Crippen LogP contribution < -0.4 is 15.6 Å². The predicted molar refractivity (Wildman–Crippen MR) is 68.0 cm³/mol. The second kappa shape index (κ2) is 5.34. The second-order valence-corrected chi connectivity index (χ2v) is 3.74. The van der Waals surface area contributed by atoms with Crippen LogP contribution in [0.2, 0.25) is 0 Å². The van der Waals surface area contributed by atoms with Gasteiger partial charge < -0.3 is 15.0 Å². The summed E-state index contributed by atoms with van der Waals surface area (Å²) in [6.07, 6.45) is 1.26. The molecule has 2 aromatic rings. The first kappa shape index (κ1) is 12.8.